The van der Waals surface area contributed by atoms with Gasteiger partial charge in [-0.05, 0) is 50.4 Å². The molecule has 0 spiro atoms. The summed E-state index contributed by atoms with van der Waals surface area (Å²) in [5.41, 5.74) is 0. The first-order valence-corrected chi connectivity index (χ1v) is 8.45. The largest absolute Gasteiger partial charge is 0.342 e. The van der Waals surface area contributed by atoms with Crippen LogP contribution >= 0.6 is 0 Å². The summed E-state index contributed by atoms with van der Waals surface area (Å²) in [6, 6.07) is -0.441. The summed E-state index contributed by atoms with van der Waals surface area (Å²) in [5, 5.41) is 2.98. The molecule has 1 aliphatic carbocycles. The molecule has 21 heavy (non-hydrogen) atoms. The lowest BCUT2D eigenvalue weighted by Crippen LogP contribution is -2.67. The number of rotatable bonds is 6. The normalized spacial score (nSPS) is 28.2. The molecule has 0 aromatic heterocycles. The molecule has 0 aromatic carbocycles. The van der Waals surface area contributed by atoms with Gasteiger partial charge in [0.05, 0.1) is 0 Å². The van der Waals surface area contributed by atoms with E-state index in [1.165, 1.54) is 0 Å². The zero-order chi connectivity index (χ0) is 15.7. The van der Waals surface area contributed by atoms with Gasteiger partial charge in [-0.25, -0.2) is 0 Å². The van der Waals surface area contributed by atoms with Gasteiger partial charge in [-0.2, -0.15) is 0 Å². The number of carbonyl (C=O) groups excluding carboxylic acids is 2. The second-order valence-electron chi connectivity index (χ2n) is 7.58. The molecule has 2 amide bonds. The average molecular weight is 294 g/mol. The van der Waals surface area contributed by atoms with Crippen LogP contribution in [0.2, 0.25) is 0 Å². The Kier molecular flexibility index (Phi) is 4.95. The van der Waals surface area contributed by atoms with Crippen molar-refractivity contribution < 1.29 is 9.59 Å². The van der Waals surface area contributed by atoms with Crippen LogP contribution in [0.1, 0.15) is 60.3 Å². The van der Waals surface area contributed by atoms with E-state index < -0.39 is 0 Å². The third-order valence-corrected chi connectivity index (χ3v) is 4.75. The lowest BCUT2D eigenvalue weighted by Gasteiger charge is -2.44. The standard InChI is InChI=1S/C17H30N2O2/c1-10(2)6-7-12(5)19-15(11(3)4)16(20)18-14(17(19)21)13-8-9-13/h10-15H,6-9H2,1-5H3,(H,18,20). The van der Waals surface area contributed by atoms with Crippen molar-refractivity contribution in [3.63, 3.8) is 0 Å². The molecule has 1 aliphatic heterocycles. The van der Waals surface area contributed by atoms with Crippen molar-refractivity contribution in [2.45, 2.75) is 78.4 Å². The number of piperazine rings is 1. The maximum Gasteiger partial charge on any atom is 0.246 e. The van der Waals surface area contributed by atoms with Crippen LogP contribution < -0.4 is 5.32 Å². The molecule has 2 aliphatic rings. The van der Waals surface area contributed by atoms with Gasteiger partial charge in [0.2, 0.25) is 11.8 Å². The Morgan fingerprint density at radius 3 is 2.19 bits per heavy atom. The van der Waals surface area contributed by atoms with E-state index in [-0.39, 0.29) is 35.9 Å². The first-order chi connectivity index (χ1) is 9.82. The minimum atomic E-state index is -0.310. The van der Waals surface area contributed by atoms with E-state index in [4.69, 9.17) is 0 Å². The van der Waals surface area contributed by atoms with Crippen LogP contribution in [0.3, 0.4) is 0 Å². The summed E-state index contributed by atoms with van der Waals surface area (Å²) >= 11 is 0. The van der Waals surface area contributed by atoms with Crippen LogP contribution in [0.25, 0.3) is 0 Å². The molecule has 1 saturated heterocycles. The van der Waals surface area contributed by atoms with E-state index in [2.05, 4.69) is 26.1 Å². The minimum Gasteiger partial charge on any atom is -0.342 e. The molecule has 1 heterocycles. The number of hydrogen-bond donors (Lipinski definition) is 1. The Bertz CT molecular complexity index is 402. The maximum absolute atomic E-state index is 12.9. The lowest BCUT2D eigenvalue weighted by atomic mass is 9.92. The molecule has 4 nitrogen and oxygen atoms in total. The molecule has 2 fully saturated rings. The fourth-order valence-electron chi connectivity index (χ4n) is 3.30. The van der Waals surface area contributed by atoms with Crippen LogP contribution in [-0.2, 0) is 9.59 Å². The fraction of sp³-hybridized carbons (Fsp3) is 0.882. The summed E-state index contributed by atoms with van der Waals surface area (Å²) < 4.78 is 0. The molecule has 120 valence electrons. The summed E-state index contributed by atoms with van der Waals surface area (Å²) in [6.45, 7) is 10.5. The van der Waals surface area contributed by atoms with Gasteiger partial charge in [-0.3, -0.25) is 9.59 Å². The molecule has 2 rings (SSSR count). The van der Waals surface area contributed by atoms with Gasteiger partial charge in [0.15, 0.2) is 0 Å². The van der Waals surface area contributed by atoms with E-state index in [0.717, 1.165) is 25.7 Å². The van der Waals surface area contributed by atoms with Crippen molar-refractivity contribution in [2.75, 3.05) is 0 Å². The highest BCUT2D eigenvalue weighted by molar-refractivity contribution is 5.97. The summed E-state index contributed by atoms with van der Waals surface area (Å²) in [6.07, 6.45) is 4.19. The van der Waals surface area contributed by atoms with Gasteiger partial charge in [0.25, 0.3) is 0 Å². The predicted octanol–water partition coefficient (Wildman–Crippen LogP) is 2.57. The van der Waals surface area contributed by atoms with Crippen molar-refractivity contribution in [2.24, 2.45) is 17.8 Å². The van der Waals surface area contributed by atoms with E-state index in [1.807, 2.05) is 18.7 Å². The third-order valence-electron chi connectivity index (χ3n) is 4.75. The van der Waals surface area contributed by atoms with Crippen molar-refractivity contribution in [3.05, 3.63) is 0 Å². The number of carbonyl (C=O) groups is 2. The summed E-state index contributed by atoms with van der Waals surface area (Å²) in [7, 11) is 0. The number of nitrogens with zero attached hydrogens (tertiary/aromatic N) is 1. The Labute approximate surface area is 128 Å². The van der Waals surface area contributed by atoms with Crippen LogP contribution in [-0.4, -0.2) is 34.8 Å². The van der Waals surface area contributed by atoms with Gasteiger partial charge < -0.3 is 10.2 Å². The second kappa shape index (κ2) is 6.37. The van der Waals surface area contributed by atoms with Crippen molar-refractivity contribution in [1.82, 2.24) is 10.2 Å². The topological polar surface area (TPSA) is 49.4 Å². The number of amides is 2. The van der Waals surface area contributed by atoms with Gasteiger partial charge in [0.1, 0.15) is 12.1 Å². The molecular weight excluding hydrogens is 264 g/mol. The van der Waals surface area contributed by atoms with Gasteiger partial charge in [-0.15, -0.1) is 0 Å². The van der Waals surface area contributed by atoms with Crippen molar-refractivity contribution in [1.29, 1.82) is 0 Å². The lowest BCUT2D eigenvalue weighted by molar-refractivity contribution is -0.154. The molecule has 4 heteroatoms. The zero-order valence-corrected chi connectivity index (χ0v) is 14.1. The van der Waals surface area contributed by atoms with Gasteiger partial charge >= 0.3 is 0 Å². The van der Waals surface area contributed by atoms with Gasteiger partial charge in [-0.1, -0.05) is 27.7 Å². The Hall–Kier alpha value is -1.06. The van der Waals surface area contributed by atoms with E-state index >= 15 is 0 Å². The fourth-order valence-corrected chi connectivity index (χ4v) is 3.30. The van der Waals surface area contributed by atoms with Crippen LogP contribution in [0.4, 0.5) is 0 Å². The van der Waals surface area contributed by atoms with Crippen molar-refractivity contribution in [3.8, 4) is 0 Å². The van der Waals surface area contributed by atoms with E-state index in [9.17, 15) is 9.59 Å². The first kappa shape index (κ1) is 16.3. The number of nitrogens with one attached hydrogen (secondary N) is 1. The Morgan fingerprint density at radius 1 is 1.10 bits per heavy atom. The van der Waals surface area contributed by atoms with Gasteiger partial charge in [0, 0.05) is 6.04 Å². The smallest absolute Gasteiger partial charge is 0.246 e. The van der Waals surface area contributed by atoms with Crippen LogP contribution in [0.15, 0.2) is 0 Å². The van der Waals surface area contributed by atoms with Crippen LogP contribution in [0, 0.1) is 17.8 Å². The minimum absolute atomic E-state index is 0.0397. The quantitative estimate of drug-likeness (QED) is 0.818. The third kappa shape index (κ3) is 3.58. The highest BCUT2D eigenvalue weighted by atomic mass is 16.2. The zero-order valence-electron chi connectivity index (χ0n) is 14.1. The second-order valence-corrected chi connectivity index (χ2v) is 7.58. The highest BCUT2D eigenvalue weighted by Gasteiger charge is 2.48. The summed E-state index contributed by atoms with van der Waals surface area (Å²) in [4.78, 5) is 27.2. The number of hydrogen-bond acceptors (Lipinski definition) is 2. The first-order valence-electron chi connectivity index (χ1n) is 8.45. The van der Waals surface area contributed by atoms with Crippen LogP contribution in [0.5, 0.6) is 0 Å². The molecule has 1 N–H and O–H groups in total. The highest BCUT2D eigenvalue weighted by Crippen LogP contribution is 2.36. The Morgan fingerprint density at radius 2 is 1.71 bits per heavy atom. The molecule has 3 unspecified atom stereocenters. The Balaban J connectivity index is 2.16. The molecule has 1 saturated carbocycles. The molecule has 0 bridgehead atoms. The molecule has 0 aromatic rings. The molecular formula is C17H30N2O2. The van der Waals surface area contributed by atoms with E-state index in [1.54, 1.807) is 0 Å². The SMILES string of the molecule is CC(C)CCC(C)N1C(=O)C(C2CC2)NC(=O)C1C(C)C. The predicted molar refractivity (Wildman–Crippen MR) is 83.7 cm³/mol. The van der Waals surface area contributed by atoms with Crippen molar-refractivity contribution >= 4 is 11.8 Å². The monoisotopic (exact) mass is 294 g/mol. The summed E-state index contributed by atoms with van der Waals surface area (Å²) in [5.74, 6) is 1.33. The molecule has 3 atom stereocenters. The average Bonchev–Trinajstić information content (AvgIpc) is 3.21. The maximum atomic E-state index is 12.9. The molecule has 0 radical (unpaired) electrons. The van der Waals surface area contributed by atoms with E-state index in [0.29, 0.717) is 11.8 Å².